The Morgan fingerprint density at radius 1 is 1.35 bits per heavy atom. The van der Waals surface area contributed by atoms with E-state index in [-0.39, 0.29) is 0 Å². The number of thiophene rings is 1. The van der Waals surface area contributed by atoms with Crippen LogP contribution in [0.5, 0.6) is 0 Å². The zero-order valence-electron chi connectivity index (χ0n) is 10.6. The second kappa shape index (κ2) is 5.49. The molecule has 0 atom stereocenters. The molecule has 0 radical (unpaired) electrons. The van der Waals surface area contributed by atoms with E-state index in [1.165, 1.54) is 3.57 Å². The van der Waals surface area contributed by atoms with E-state index in [4.69, 9.17) is 4.74 Å². The molecule has 3 nitrogen and oxygen atoms in total. The average Bonchev–Trinajstić information content (AvgIpc) is 3.04. The zero-order chi connectivity index (χ0) is 14.1. The van der Waals surface area contributed by atoms with Crippen molar-refractivity contribution in [2.75, 3.05) is 0 Å². The van der Waals surface area contributed by atoms with E-state index in [1.54, 1.807) is 17.4 Å². The fourth-order valence-electron chi connectivity index (χ4n) is 1.83. The molecule has 0 saturated heterocycles. The van der Waals surface area contributed by atoms with E-state index in [0.717, 1.165) is 16.7 Å². The van der Waals surface area contributed by atoms with E-state index in [9.17, 15) is 4.79 Å². The molecule has 2 heterocycles. The second-order valence-corrected chi connectivity index (χ2v) is 6.30. The van der Waals surface area contributed by atoms with Gasteiger partial charge in [0, 0.05) is 9.13 Å². The maximum Gasteiger partial charge on any atom is 0.363 e. The van der Waals surface area contributed by atoms with Crippen LogP contribution in [0.1, 0.15) is 16.7 Å². The molecule has 2 aromatic rings. The standard InChI is InChI=1S/C15H10INO2S/c1-9-6-11(2-3-12(9)16)14-17-13(15(18)19-14)7-10-4-5-20-8-10/h2-8H,1H3/b13-7-. The first-order chi connectivity index (χ1) is 9.63. The van der Waals surface area contributed by atoms with Gasteiger partial charge in [0.25, 0.3) is 0 Å². The van der Waals surface area contributed by atoms with Crippen LogP contribution < -0.4 is 0 Å². The first kappa shape index (κ1) is 13.5. The first-order valence-corrected chi connectivity index (χ1v) is 7.97. The summed E-state index contributed by atoms with van der Waals surface area (Å²) in [6.45, 7) is 2.02. The minimum absolute atomic E-state index is 0.342. The van der Waals surface area contributed by atoms with Crippen molar-refractivity contribution in [2.45, 2.75) is 6.92 Å². The maximum atomic E-state index is 11.8. The number of aryl methyl sites for hydroxylation is 1. The highest BCUT2D eigenvalue weighted by Crippen LogP contribution is 2.21. The number of hydrogen-bond donors (Lipinski definition) is 0. The van der Waals surface area contributed by atoms with Gasteiger partial charge < -0.3 is 4.74 Å². The van der Waals surface area contributed by atoms with Gasteiger partial charge >= 0.3 is 5.97 Å². The third-order valence-electron chi connectivity index (χ3n) is 2.87. The van der Waals surface area contributed by atoms with Crippen molar-refractivity contribution in [3.63, 3.8) is 0 Å². The lowest BCUT2D eigenvalue weighted by atomic mass is 10.1. The molecule has 3 rings (SSSR count). The van der Waals surface area contributed by atoms with Gasteiger partial charge in [-0.1, -0.05) is 0 Å². The largest absolute Gasteiger partial charge is 0.402 e. The molecule has 5 heteroatoms. The van der Waals surface area contributed by atoms with Crippen LogP contribution in [0.4, 0.5) is 0 Å². The molecule has 1 aromatic heterocycles. The minimum Gasteiger partial charge on any atom is -0.402 e. The Labute approximate surface area is 134 Å². The fourth-order valence-corrected chi connectivity index (χ4v) is 2.78. The monoisotopic (exact) mass is 395 g/mol. The van der Waals surface area contributed by atoms with Crippen LogP contribution >= 0.6 is 33.9 Å². The Hall–Kier alpha value is -1.47. The summed E-state index contributed by atoms with van der Waals surface area (Å²) < 4.78 is 6.42. The van der Waals surface area contributed by atoms with Gasteiger partial charge in [0.1, 0.15) is 0 Å². The highest BCUT2D eigenvalue weighted by Gasteiger charge is 2.24. The van der Waals surface area contributed by atoms with E-state index in [2.05, 4.69) is 27.6 Å². The number of carbonyl (C=O) groups is 1. The summed E-state index contributed by atoms with van der Waals surface area (Å²) in [6.07, 6.45) is 1.74. The number of nitrogens with zero attached hydrogens (tertiary/aromatic N) is 1. The van der Waals surface area contributed by atoms with Crippen molar-refractivity contribution in [2.24, 2.45) is 4.99 Å². The Kier molecular flexibility index (Phi) is 3.71. The van der Waals surface area contributed by atoms with Gasteiger partial charge in [0.05, 0.1) is 0 Å². The van der Waals surface area contributed by atoms with Crippen molar-refractivity contribution in [3.8, 4) is 0 Å². The van der Waals surface area contributed by atoms with Crippen molar-refractivity contribution < 1.29 is 9.53 Å². The Morgan fingerprint density at radius 2 is 2.20 bits per heavy atom. The van der Waals surface area contributed by atoms with Crippen molar-refractivity contribution in [1.29, 1.82) is 0 Å². The molecule has 100 valence electrons. The van der Waals surface area contributed by atoms with Crippen LogP contribution in [0.25, 0.3) is 6.08 Å². The van der Waals surface area contributed by atoms with E-state index >= 15 is 0 Å². The summed E-state index contributed by atoms with van der Waals surface area (Å²) in [5.41, 5.74) is 3.27. The van der Waals surface area contributed by atoms with Crippen LogP contribution in [0.3, 0.4) is 0 Å². The molecule has 0 amide bonds. The third kappa shape index (κ3) is 2.69. The van der Waals surface area contributed by atoms with Gasteiger partial charge in [-0.05, 0) is 81.7 Å². The number of aliphatic imine (C=N–C) groups is 1. The topological polar surface area (TPSA) is 38.7 Å². The van der Waals surface area contributed by atoms with Crippen LogP contribution in [0.2, 0.25) is 0 Å². The normalized spacial score (nSPS) is 16.4. The van der Waals surface area contributed by atoms with Gasteiger partial charge in [-0.15, -0.1) is 0 Å². The molecule has 0 unspecified atom stereocenters. The smallest absolute Gasteiger partial charge is 0.363 e. The number of ether oxygens (including phenoxy) is 1. The second-order valence-electron chi connectivity index (χ2n) is 4.36. The lowest BCUT2D eigenvalue weighted by Crippen LogP contribution is -2.05. The number of halogens is 1. The lowest BCUT2D eigenvalue weighted by molar-refractivity contribution is -0.129. The van der Waals surface area contributed by atoms with E-state index in [0.29, 0.717) is 11.6 Å². The Balaban J connectivity index is 1.96. The molecule has 1 aliphatic rings. The molecule has 1 aromatic carbocycles. The van der Waals surface area contributed by atoms with Gasteiger partial charge in [-0.2, -0.15) is 11.3 Å². The molecule has 0 aliphatic carbocycles. The zero-order valence-corrected chi connectivity index (χ0v) is 13.6. The lowest BCUT2D eigenvalue weighted by Gasteiger charge is -2.02. The van der Waals surface area contributed by atoms with E-state index in [1.807, 2.05) is 41.9 Å². The van der Waals surface area contributed by atoms with E-state index < -0.39 is 5.97 Å². The molecule has 0 bridgehead atoms. The molecule has 20 heavy (non-hydrogen) atoms. The molecule has 0 fully saturated rings. The number of carbonyl (C=O) groups excluding carboxylic acids is 1. The summed E-state index contributed by atoms with van der Waals surface area (Å²) >= 11 is 3.85. The number of rotatable bonds is 2. The number of esters is 1. The molecule has 1 aliphatic heterocycles. The predicted octanol–water partition coefficient (Wildman–Crippen LogP) is 4.01. The third-order valence-corrected chi connectivity index (χ3v) is 4.78. The van der Waals surface area contributed by atoms with Gasteiger partial charge in [0.2, 0.25) is 5.90 Å². The summed E-state index contributed by atoms with van der Waals surface area (Å²) in [4.78, 5) is 16.1. The van der Waals surface area contributed by atoms with Crippen LogP contribution in [0, 0.1) is 10.5 Å². The first-order valence-electron chi connectivity index (χ1n) is 5.95. The van der Waals surface area contributed by atoms with Crippen molar-refractivity contribution in [3.05, 3.63) is 61.0 Å². The van der Waals surface area contributed by atoms with Crippen molar-refractivity contribution in [1.82, 2.24) is 0 Å². The highest BCUT2D eigenvalue weighted by molar-refractivity contribution is 14.1. The Bertz CT molecular complexity index is 732. The average molecular weight is 395 g/mol. The van der Waals surface area contributed by atoms with Crippen LogP contribution in [-0.2, 0) is 9.53 Å². The summed E-state index contributed by atoms with van der Waals surface area (Å²) in [5.74, 6) is -0.0293. The predicted molar refractivity (Wildman–Crippen MR) is 88.8 cm³/mol. The minimum atomic E-state index is -0.401. The van der Waals surface area contributed by atoms with Crippen LogP contribution in [-0.4, -0.2) is 11.9 Å². The summed E-state index contributed by atoms with van der Waals surface area (Å²) in [5, 5.41) is 3.92. The highest BCUT2D eigenvalue weighted by atomic mass is 127. The quantitative estimate of drug-likeness (QED) is 0.438. The van der Waals surface area contributed by atoms with Gasteiger partial charge in [-0.3, -0.25) is 0 Å². The molecule has 0 spiro atoms. The SMILES string of the molecule is Cc1cc(C2=N/C(=C\c3ccsc3)C(=O)O2)ccc1I. The number of hydrogen-bond acceptors (Lipinski definition) is 4. The van der Waals surface area contributed by atoms with Crippen molar-refractivity contribution >= 4 is 51.9 Å². The number of benzene rings is 1. The molecular weight excluding hydrogens is 385 g/mol. The molecule has 0 saturated carbocycles. The summed E-state index contributed by atoms with van der Waals surface area (Å²) in [7, 11) is 0. The van der Waals surface area contributed by atoms with Gasteiger partial charge in [0.15, 0.2) is 5.70 Å². The summed E-state index contributed by atoms with van der Waals surface area (Å²) in [6, 6.07) is 7.81. The Morgan fingerprint density at radius 3 is 2.90 bits per heavy atom. The molecule has 0 N–H and O–H groups in total. The number of cyclic esters (lactones) is 1. The fraction of sp³-hybridized carbons (Fsp3) is 0.0667. The van der Waals surface area contributed by atoms with Gasteiger partial charge in [-0.25, -0.2) is 9.79 Å². The maximum absolute atomic E-state index is 11.8. The van der Waals surface area contributed by atoms with Crippen LogP contribution in [0.15, 0.2) is 45.7 Å². The molecular formula is C15H10INO2S.